The number of amides is 1. The van der Waals surface area contributed by atoms with Gasteiger partial charge in [0, 0.05) is 11.6 Å². The quantitative estimate of drug-likeness (QED) is 0.758. The summed E-state index contributed by atoms with van der Waals surface area (Å²) in [5, 5.41) is 2.82. The first-order valence-electron chi connectivity index (χ1n) is 6.31. The second-order valence-corrected chi connectivity index (χ2v) is 4.50. The Kier molecular flexibility index (Phi) is 4.45. The van der Waals surface area contributed by atoms with Crippen LogP contribution in [0.15, 0.2) is 12.1 Å². The van der Waals surface area contributed by atoms with Gasteiger partial charge in [-0.05, 0) is 25.0 Å². The third kappa shape index (κ3) is 3.40. The van der Waals surface area contributed by atoms with E-state index in [1.807, 2.05) is 0 Å². The van der Waals surface area contributed by atoms with Crippen molar-refractivity contribution in [2.75, 3.05) is 20.8 Å². The molecule has 1 aliphatic carbocycles. The second kappa shape index (κ2) is 6.27. The Bertz CT molecular complexity index is 485. The Labute approximate surface area is 117 Å². The minimum atomic E-state index is -0.184. The molecule has 0 radical (unpaired) electrons. The number of carbonyl (C=O) groups excluding carboxylic acids is 2. The van der Waals surface area contributed by atoms with Crippen LogP contribution in [0.3, 0.4) is 0 Å². The molecule has 1 N–H and O–H groups in total. The molecule has 0 saturated heterocycles. The Morgan fingerprint density at radius 1 is 1.30 bits per heavy atom. The van der Waals surface area contributed by atoms with E-state index < -0.39 is 0 Å². The van der Waals surface area contributed by atoms with Crippen LogP contribution in [0.2, 0.25) is 0 Å². The first kappa shape index (κ1) is 14.2. The summed E-state index contributed by atoms with van der Waals surface area (Å²) in [7, 11) is 2.92. The summed E-state index contributed by atoms with van der Waals surface area (Å²) in [4.78, 5) is 22.4. The van der Waals surface area contributed by atoms with Crippen molar-refractivity contribution in [2.45, 2.75) is 18.9 Å². The molecule has 0 spiro atoms. The van der Waals surface area contributed by atoms with Crippen LogP contribution < -0.4 is 19.5 Å². The molecule has 0 bridgehead atoms. The Morgan fingerprint density at radius 3 is 2.35 bits per heavy atom. The number of rotatable bonds is 7. The molecule has 6 nitrogen and oxygen atoms in total. The second-order valence-electron chi connectivity index (χ2n) is 4.50. The average Bonchev–Trinajstić information content (AvgIpc) is 3.27. The first-order chi connectivity index (χ1) is 9.67. The van der Waals surface area contributed by atoms with E-state index in [0.717, 1.165) is 12.8 Å². The molecule has 0 aliphatic heterocycles. The topological polar surface area (TPSA) is 73.9 Å². The lowest BCUT2D eigenvalue weighted by Crippen LogP contribution is -2.30. The predicted octanol–water partition coefficient (Wildman–Crippen LogP) is 1.17. The van der Waals surface area contributed by atoms with E-state index in [4.69, 9.17) is 14.2 Å². The van der Waals surface area contributed by atoms with E-state index in [0.29, 0.717) is 29.1 Å². The highest BCUT2D eigenvalue weighted by Crippen LogP contribution is 2.38. The Hall–Kier alpha value is -2.24. The van der Waals surface area contributed by atoms with E-state index in [-0.39, 0.29) is 18.6 Å². The molecule has 0 unspecified atom stereocenters. The van der Waals surface area contributed by atoms with Crippen LogP contribution in [0.1, 0.15) is 23.2 Å². The molecule has 1 aromatic carbocycles. The zero-order chi connectivity index (χ0) is 14.5. The van der Waals surface area contributed by atoms with E-state index in [1.165, 1.54) is 26.4 Å². The van der Waals surface area contributed by atoms with Crippen molar-refractivity contribution in [1.82, 2.24) is 5.32 Å². The lowest BCUT2D eigenvalue weighted by atomic mass is 10.2. The van der Waals surface area contributed by atoms with Gasteiger partial charge < -0.3 is 19.5 Å². The zero-order valence-electron chi connectivity index (χ0n) is 11.5. The normalized spacial score (nSPS) is 13.5. The van der Waals surface area contributed by atoms with Gasteiger partial charge in [0.2, 0.25) is 5.75 Å². The van der Waals surface area contributed by atoms with Crippen molar-refractivity contribution in [2.24, 2.45) is 0 Å². The largest absolute Gasteiger partial charge is 0.493 e. The van der Waals surface area contributed by atoms with Gasteiger partial charge in [-0.1, -0.05) is 0 Å². The third-order valence-electron chi connectivity index (χ3n) is 2.91. The molecule has 0 atom stereocenters. The summed E-state index contributed by atoms with van der Waals surface area (Å²) in [5.41, 5.74) is 0.411. The molecule has 1 fully saturated rings. The summed E-state index contributed by atoms with van der Waals surface area (Å²) in [6, 6.07) is 3.35. The molecule has 6 heteroatoms. The first-order valence-corrected chi connectivity index (χ1v) is 6.31. The maximum absolute atomic E-state index is 11.6. The number of nitrogens with one attached hydrogen (secondary N) is 1. The molecule has 1 amide bonds. The zero-order valence-corrected chi connectivity index (χ0v) is 11.5. The van der Waals surface area contributed by atoms with Gasteiger partial charge in [-0.15, -0.1) is 0 Å². The smallest absolute Gasteiger partial charge is 0.258 e. The van der Waals surface area contributed by atoms with Crippen molar-refractivity contribution in [3.63, 3.8) is 0 Å². The number of ether oxygens (including phenoxy) is 3. The van der Waals surface area contributed by atoms with Gasteiger partial charge in [0.25, 0.3) is 5.91 Å². The van der Waals surface area contributed by atoms with Crippen molar-refractivity contribution in [3.8, 4) is 17.2 Å². The number of carbonyl (C=O) groups is 2. The number of aldehydes is 1. The molecule has 2 rings (SSSR count). The maximum atomic E-state index is 11.6. The predicted molar refractivity (Wildman–Crippen MR) is 71.6 cm³/mol. The minimum Gasteiger partial charge on any atom is -0.493 e. The van der Waals surface area contributed by atoms with Crippen molar-refractivity contribution >= 4 is 12.2 Å². The monoisotopic (exact) mass is 279 g/mol. The van der Waals surface area contributed by atoms with Gasteiger partial charge in [0.05, 0.1) is 14.2 Å². The maximum Gasteiger partial charge on any atom is 0.258 e. The third-order valence-corrected chi connectivity index (χ3v) is 2.91. The average molecular weight is 279 g/mol. The standard InChI is InChI=1S/C14H17NO5/c1-18-11-5-9(7-16)6-12(19-2)14(11)20-8-13(17)15-10-3-4-10/h5-7,10H,3-4,8H2,1-2H3,(H,15,17). The van der Waals surface area contributed by atoms with Crippen molar-refractivity contribution in [1.29, 1.82) is 0 Å². The summed E-state index contributed by atoms with van der Waals surface area (Å²) < 4.78 is 15.8. The number of benzene rings is 1. The molecule has 108 valence electrons. The van der Waals surface area contributed by atoms with E-state index in [1.54, 1.807) is 0 Å². The van der Waals surface area contributed by atoms with Gasteiger partial charge in [-0.3, -0.25) is 9.59 Å². The van der Waals surface area contributed by atoms with Crippen LogP contribution in [-0.4, -0.2) is 39.1 Å². The van der Waals surface area contributed by atoms with Crippen LogP contribution in [0.4, 0.5) is 0 Å². The molecule has 1 aliphatic rings. The van der Waals surface area contributed by atoms with Crippen LogP contribution >= 0.6 is 0 Å². The summed E-state index contributed by atoms with van der Waals surface area (Å²) >= 11 is 0. The highest BCUT2D eigenvalue weighted by Gasteiger charge is 2.24. The number of methoxy groups -OCH3 is 2. The van der Waals surface area contributed by atoms with Gasteiger partial charge in [-0.2, -0.15) is 0 Å². The van der Waals surface area contributed by atoms with Crippen molar-refractivity contribution in [3.05, 3.63) is 17.7 Å². The molecule has 0 heterocycles. The molecule has 1 aromatic rings. The summed E-state index contributed by atoms with van der Waals surface area (Å²) in [5.74, 6) is 0.832. The van der Waals surface area contributed by atoms with Gasteiger partial charge in [0.15, 0.2) is 18.1 Å². The Morgan fingerprint density at radius 2 is 1.90 bits per heavy atom. The van der Waals surface area contributed by atoms with Crippen LogP contribution in [0.25, 0.3) is 0 Å². The van der Waals surface area contributed by atoms with Crippen molar-refractivity contribution < 1.29 is 23.8 Å². The lowest BCUT2D eigenvalue weighted by Gasteiger charge is -2.14. The number of hydrogen-bond acceptors (Lipinski definition) is 5. The van der Waals surface area contributed by atoms with E-state index in [9.17, 15) is 9.59 Å². The fourth-order valence-corrected chi connectivity index (χ4v) is 1.75. The fourth-order valence-electron chi connectivity index (χ4n) is 1.75. The summed E-state index contributed by atoms with van der Waals surface area (Å²) in [6.45, 7) is -0.121. The van der Waals surface area contributed by atoms with E-state index >= 15 is 0 Å². The van der Waals surface area contributed by atoms with Gasteiger partial charge >= 0.3 is 0 Å². The molecule has 0 aromatic heterocycles. The van der Waals surface area contributed by atoms with Crippen LogP contribution in [0.5, 0.6) is 17.2 Å². The lowest BCUT2D eigenvalue weighted by molar-refractivity contribution is -0.123. The molecule has 1 saturated carbocycles. The summed E-state index contributed by atoms with van der Waals surface area (Å²) in [6.07, 6.45) is 2.73. The van der Waals surface area contributed by atoms with Crippen LogP contribution in [0, 0.1) is 0 Å². The van der Waals surface area contributed by atoms with E-state index in [2.05, 4.69) is 5.32 Å². The highest BCUT2D eigenvalue weighted by atomic mass is 16.5. The van der Waals surface area contributed by atoms with Gasteiger partial charge in [-0.25, -0.2) is 0 Å². The highest BCUT2D eigenvalue weighted by molar-refractivity contribution is 5.80. The van der Waals surface area contributed by atoms with Gasteiger partial charge in [0.1, 0.15) is 6.29 Å². The molecular weight excluding hydrogens is 262 g/mol. The molecule has 20 heavy (non-hydrogen) atoms. The molecular formula is C14H17NO5. The fraction of sp³-hybridized carbons (Fsp3) is 0.429. The number of hydrogen-bond donors (Lipinski definition) is 1. The van der Waals surface area contributed by atoms with Crippen LogP contribution in [-0.2, 0) is 4.79 Å². The minimum absolute atomic E-state index is 0.121. The Balaban J connectivity index is 2.11. The SMILES string of the molecule is COc1cc(C=O)cc(OC)c1OCC(=O)NC1CC1.